The maximum absolute atomic E-state index is 12.3. The predicted octanol–water partition coefficient (Wildman–Crippen LogP) is 4.22. The number of carbonyl (C=O) groups excluding carboxylic acids is 1. The number of hydrogen-bond acceptors (Lipinski definition) is 4. The van der Waals surface area contributed by atoms with Crippen LogP contribution in [-0.2, 0) is 4.79 Å². The van der Waals surface area contributed by atoms with Crippen molar-refractivity contribution in [3.8, 4) is 17.2 Å². The van der Waals surface area contributed by atoms with E-state index in [9.17, 15) is 4.79 Å². The van der Waals surface area contributed by atoms with Crippen LogP contribution in [-0.4, -0.2) is 27.2 Å². The molecular formula is C22H27NO4. The van der Waals surface area contributed by atoms with Crippen LogP contribution in [0.5, 0.6) is 17.2 Å². The Balaban J connectivity index is 2.15. The number of aryl methyl sites for hydroxylation is 2. The van der Waals surface area contributed by atoms with Gasteiger partial charge in [-0.25, -0.2) is 0 Å². The molecule has 0 aromatic heterocycles. The fraction of sp³-hybridized carbons (Fsp3) is 0.318. The zero-order valence-corrected chi connectivity index (χ0v) is 16.8. The van der Waals surface area contributed by atoms with Gasteiger partial charge in [-0.1, -0.05) is 23.8 Å². The van der Waals surface area contributed by atoms with E-state index in [1.54, 1.807) is 39.5 Å². The lowest BCUT2D eigenvalue weighted by atomic mass is 10.00. The summed E-state index contributed by atoms with van der Waals surface area (Å²) >= 11 is 0. The first kappa shape index (κ1) is 20.4. The Kier molecular flexibility index (Phi) is 6.88. The Bertz CT molecular complexity index is 817. The van der Waals surface area contributed by atoms with Crippen LogP contribution < -0.4 is 19.5 Å². The zero-order chi connectivity index (χ0) is 20.0. The predicted molar refractivity (Wildman–Crippen MR) is 108 cm³/mol. The second-order valence-electron chi connectivity index (χ2n) is 6.38. The van der Waals surface area contributed by atoms with Crippen molar-refractivity contribution in [3.63, 3.8) is 0 Å². The molecule has 1 unspecified atom stereocenters. The van der Waals surface area contributed by atoms with Gasteiger partial charge in [0.1, 0.15) is 0 Å². The number of hydrogen-bond donors (Lipinski definition) is 1. The van der Waals surface area contributed by atoms with Crippen LogP contribution in [0.15, 0.2) is 36.4 Å². The molecule has 5 nitrogen and oxygen atoms in total. The minimum absolute atomic E-state index is 0.0815. The number of carbonyl (C=O) groups is 1. The lowest BCUT2D eigenvalue weighted by Crippen LogP contribution is -2.25. The maximum Gasteiger partial charge on any atom is 0.244 e. The highest BCUT2D eigenvalue weighted by Gasteiger charge is 2.13. The third-order valence-electron chi connectivity index (χ3n) is 4.37. The topological polar surface area (TPSA) is 56.8 Å². The molecule has 0 aliphatic carbocycles. The standard InChI is InChI=1S/C22H27NO4/c1-14-7-8-15(2)18(11-14)16(3)23-21(24)10-9-17-12-19(25-4)22(27-6)20(13-17)26-5/h7-13,16H,1-6H3,(H,23,24)/b10-9+. The van der Waals surface area contributed by atoms with Gasteiger partial charge in [0, 0.05) is 6.08 Å². The molecule has 0 heterocycles. The molecule has 0 spiro atoms. The van der Waals surface area contributed by atoms with Crippen molar-refractivity contribution < 1.29 is 19.0 Å². The van der Waals surface area contributed by atoms with Gasteiger partial charge in [0.25, 0.3) is 0 Å². The summed E-state index contributed by atoms with van der Waals surface area (Å²) in [6.07, 6.45) is 3.22. The molecular weight excluding hydrogens is 342 g/mol. The molecule has 2 aromatic carbocycles. The molecule has 0 aliphatic heterocycles. The van der Waals surface area contributed by atoms with Crippen molar-refractivity contribution in [2.45, 2.75) is 26.8 Å². The Morgan fingerprint density at radius 1 is 1.00 bits per heavy atom. The largest absolute Gasteiger partial charge is 0.493 e. The summed E-state index contributed by atoms with van der Waals surface area (Å²) in [7, 11) is 4.67. The monoisotopic (exact) mass is 369 g/mol. The molecule has 0 fully saturated rings. The van der Waals surface area contributed by atoms with Crippen LogP contribution in [0.4, 0.5) is 0 Å². The molecule has 2 aromatic rings. The Morgan fingerprint density at radius 2 is 1.63 bits per heavy atom. The van der Waals surface area contributed by atoms with Crippen LogP contribution in [0.1, 0.15) is 35.2 Å². The van der Waals surface area contributed by atoms with E-state index in [1.165, 1.54) is 11.6 Å². The van der Waals surface area contributed by atoms with E-state index in [1.807, 2.05) is 20.8 Å². The molecule has 144 valence electrons. The number of benzene rings is 2. The normalized spacial score (nSPS) is 11.9. The number of nitrogens with one attached hydrogen (secondary N) is 1. The van der Waals surface area contributed by atoms with E-state index in [4.69, 9.17) is 14.2 Å². The quantitative estimate of drug-likeness (QED) is 0.743. The number of methoxy groups -OCH3 is 3. The van der Waals surface area contributed by atoms with Crippen molar-refractivity contribution in [1.82, 2.24) is 5.32 Å². The van der Waals surface area contributed by atoms with Crippen LogP contribution in [0, 0.1) is 13.8 Å². The second-order valence-corrected chi connectivity index (χ2v) is 6.38. The van der Waals surface area contributed by atoms with Gasteiger partial charge < -0.3 is 19.5 Å². The van der Waals surface area contributed by atoms with Crippen LogP contribution >= 0.6 is 0 Å². The van der Waals surface area contributed by atoms with E-state index in [2.05, 4.69) is 23.5 Å². The first-order valence-corrected chi connectivity index (χ1v) is 8.75. The van der Waals surface area contributed by atoms with Crippen molar-refractivity contribution in [3.05, 3.63) is 58.7 Å². The molecule has 0 radical (unpaired) electrons. The van der Waals surface area contributed by atoms with E-state index < -0.39 is 0 Å². The molecule has 0 aliphatic rings. The third kappa shape index (κ3) is 5.03. The number of rotatable bonds is 7. The van der Waals surface area contributed by atoms with Gasteiger partial charge in [-0.2, -0.15) is 0 Å². The lowest BCUT2D eigenvalue weighted by molar-refractivity contribution is -0.117. The van der Waals surface area contributed by atoms with Crippen molar-refractivity contribution in [2.24, 2.45) is 0 Å². The molecule has 1 amide bonds. The number of amides is 1. The lowest BCUT2D eigenvalue weighted by Gasteiger charge is -2.16. The van der Waals surface area contributed by atoms with Gasteiger partial charge in [0.15, 0.2) is 11.5 Å². The smallest absolute Gasteiger partial charge is 0.244 e. The molecule has 1 atom stereocenters. The fourth-order valence-corrected chi connectivity index (χ4v) is 2.94. The maximum atomic E-state index is 12.3. The minimum Gasteiger partial charge on any atom is -0.493 e. The molecule has 0 saturated heterocycles. The summed E-state index contributed by atoms with van der Waals surface area (Å²) < 4.78 is 16.0. The van der Waals surface area contributed by atoms with Crippen LogP contribution in [0.2, 0.25) is 0 Å². The molecule has 1 N–H and O–H groups in total. The highest BCUT2D eigenvalue weighted by molar-refractivity contribution is 5.92. The third-order valence-corrected chi connectivity index (χ3v) is 4.37. The van der Waals surface area contributed by atoms with Gasteiger partial charge in [0.05, 0.1) is 27.4 Å². The second kappa shape index (κ2) is 9.12. The molecule has 27 heavy (non-hydrogen) atoms. The van der Waals surface area contributed by atoms with E-state index in [0.29, 0.717) is 17.2 Å². The Morgan fingerprint density at radius 3 is 2.19 bits per heavy atom. The van der Waals surface area contributed by atoms with E-state index in [-0.39, 0.29) is 11.9 Å². The summed E-state index contributed by atoms with van der Waals surface area (Å²) in [5.41, 5.74) is 4.22. The summed E-state index contributed by atoms with van der Waals surface area (Å²) in [5, 5.41) is 3.00. The average Bonchev–Trinajstić information content (AvgIpc) is 2.67. The summed E-state index contributed by atoms with van der Waals surface area (Å²) in [6.45, 7) is 6.07. The Hall–Kier alpha value is -2.95. The van der Waals surface area contributed by atoms with E-state index >= 15 is 0 Å². The van der Waals surface area contributed by atoms with Crippen molar-refractivity contribution in [2.75, 3.05) is 21.3 Å². The summed E-state index contributed by atoms with van der Waals surface area (Å²) in [4.78, 5) is 12.3. The first-order chi connectivity index (χ1) is 12.9. The van der Waals surface area contributed by atoms with Gasteiger partial charge in [0.2, 0.25) is 11.7 Å². The molecule has 2 rings (SSSR count). The SMILES string of the molecule is COc1cc(/C=C/C(=O)NC(C)c2cc(C)ccc2C)cc(OC)c1OC. The van der Waals surface area contributed by atoms with E-state index in [0.717, 1.165) is 16.7 Å². The molecule has 0 bridgehead atoms. The first-order valence-electron chi connectivity index (χ1n) is 8.75. The van der Waals surface area contributed by atoms with Gasteiger partial charge in [-0.05, 0) is 55.7 Å². The van der Waals surface area contributed by atoms with Gasteiger partial charge in [-0.15, -0.1) is 0 Å². The fourth-order valence-electron chi connectivity index (χ4n) is 2.94. The van der Waals surface area contributed by atoms with Crippen LogP contribution in [0.3, 0.4) is 0 Å². The zero-order valence-electron chi connectivity index (χ0n) is 16.8. The van der Waals surface area contributed by atoms with Gasteiger partial charge in [-0.3, -0.25) is 4.79 Å². The molecule has 5 heteroatoms. The highest BCUT2D eigenvalue weighted by atomic mass is 16.5. The van der Waals surface area contributed by atoms with Crippen molar-refractivity contribution in [1.29, 1.82) is 0 Å². The highest BCUT2D eigenvalue weighted by Crippen LogP contribution is 2.38. The van der Waals surface area contributed by atoms with Gasteiger partial charge >= 0.3 is 0 Å². The van der Waals surface area contributed by atoms with Crippen LogP contribution in [0.25, 0.3) is 6.08 Å². The number of ether oxygens (including phenoxy) is 3. The summed E-state index contributed by atoms with van der Waals surface area (Å²) in [6, 6.07) is 9.74. The minimum atomic E-state index is -0.169. The van der Waals surface area contributed by atoms with Crippen molar-refractivity contribution >= 4 is 12.0 Å². The molecule has 0 saturated carbocycles. The summed E-state index contributed by atoms with van der Waals surface area (Å²) in [5.74, 6) is 1.43. The average molecular weight is 369 g/mol. The Labute approximate surface area is 161 Å².